The van der Waals surface area contributed by atoms with Gasteiger partial charge in [-0.25, -0.2) is 0 Å². The van der Waals surface area contributed by atoms with Gasteiger partial charge in [0.05, 0.1) is 6.61 Å². The number of aliphatic hydroxyl groups is 1. The average molecular weight is 287 g/mol. The molecule has 2 aromatic carbocycles. The molecule has 110 valence electrons. The average Bonchev–Trinajstić information content (AvgIpc) is 2.52. The van der Waals surface area contributed by atoms with E-state index in [2.05, 4.69) is 5.32 Å². The largest absolute Gasteiger partial charge is 0.504 e. The molecule has 5 heteroatoms. The summed E-state index contributed by atoms with van der Waals surface area (Å²) in [5.74, 6) is 0.00864. The van der Waals surface area contributed by atoms with E-state index in [1.54, 1.807) is 30.3 Å². The van der Waals surface area contributed by atoms with E-state index in [0.29, 0.717) is 6.54 Å². The number of carbonyl (C=O) groups excluding carboxylic acids is 1. The second-order valence-electron chi connectivity index (χ2n) is 4.51. The molecule has 0 aromatic heterocycles. The smallest absolute Gasteiger partial charge is 0.258 e. The Kier molecular flexibility index (Phi) is 5.17. The second kappa shape index (κ2) is 7.31. The van der Waals surface area contributed by atoms with Gasteiger partial charge in [0.1, 0.15) is 0 Å². The Labute approximate surface area is 122 Å². The lowest BCUT2D eigenvalue weighted by molar-refractivity contribution is -0.123. The number of para-hydroxylation sites is 2. The molecule has 1 amide bonds. The molecule has 21 heavy (non-hydrogen) atoms. The van der Waals surface area contributed by atoms with Crippen LogP contribution in [0.3, 0.4) is 0 Å². The molecule has 0 aliphatic heterocycles. The van der Waals surface area contributed by atoms with Crippen molar-refractivity contribution in [2.75, 3.05) is 6.61 Å². The highest BCUT2D eigenvalue weighted by molar-refractivity contribution is 5.77. The van der Waals surface area contributed by atoms with Crippen molar-refractivity contribution < 1.29 is 19.7 Å². The zero-order chi connectivity index (χ0) is 15.1. The van der Waals surface area contributed by atoms with Crippen LogP contribution in [0.25, 0.3) is 0 Å². The highest BCUT2D eigenvalue weighted by Gasteiger charge is 2.05. The lowest BCUT2D eigenvalue weighted by Crippen LogP contribution is -2.28. The number of ether oxygens (including phenoxy) is 1. The van der Waals surface area contributed by atoms with Crippen LogP contribution in [0.5, 0.6) is 11.5 Å². The number of benzene rings is 2. The molecule has 0 radical (unpaired) electrons. The van der Waals surface area contributed by atoms with Crippen LogP contribution in [0.1, 0.15) is 11.1 Å². The fraction of sp³-hybridized carbons (Fsp3) is 0.188. The van der Waals surface area contributed by atoms with Crippen molar-refractivity contribution in [2.24, 2.45) is 0 Å². The third-order valence-electron chi connectivity index (χ3n) is 2.92. The summed E-state index contributed by atoms with van der Waals surface area (Å²) in [6.07, 6.45) is 0. The van der Waals surface area contributed by atoms with Gasteiger partial charge in [0, 0.05) is 6.54 Å². The first-order valence-electron chi connectivity index (χ1n) is 6.55. The summed E-state index contributed by atoms with van der Waals surface area (Å²) in [6.45, 7) is 0.224. The Bertz CT molecular complexity index is 595. The standard InChI is InChI=1S/C16H17NO4/c18-10-13-7-5-12(6-8-13)9-17-16(20)11-21-15-4-2-1-3-14(15)19/h1-8,18-19H,9-11H2,(H,17,20). The molecule has 0 aliphatic rings. The Morgan fingerprint density at radius 2 is 1.71 bits per heavy atom. The minimum atomic E-state index is -0.274. The van der Waals surface area contributed by atoms with Crippen LogP contribution in [0, 0.1) is 0 Å². The number of rotatable bonds is 6. The van der Waals surface area contributed by atoms with Gasteiger partial charge in [0.25, 0.3) is 5.91 Å². The number of aliphatic hydroxyl groups excluding tert-OH is 1. The molecule has 2 rings (SSSR count). The maximum absolute atomic E-state index is 11.7. The summed E-state index contributed by atoms with van der Waals surface area (Å²) in [4.78, 5) is 11.7. The monoisotopic (exact) mass is 287 g/mol. The molecule has 0 heterocycles. The summed E-state index contributed by atoms with van der Waals surface area (Å²) >= 11 is 0. The topological polar surface area (TPSA) is 78.8 Å². The molecule has 0 fully saturated rings. The molecule has 5 nitrogen and oxygen atoms in total. The highest BCUT2D eigenvalue weighted by Crippen LogP contribution is 2.23. The Balaban J connectivity index is 1.78. The molecule has 0 spiro atoms. The van der Waals surface area contributed by atoms with Gasteiger partial charge in [-0.05, 0) is 23.3 Å². The van der Waals surface area contributed by atoms with Crippen molar-refractivity contribution in [1.29, 1.82) is 0 Å². The third kappa shape index (κ3) is 4.50. The number of carbonyl (C=O) groups is 1. The van der Waals surface area contributed by atoms with Crippen LogP contribution < -0.4 is 10.1 Å². The van der Waals surface area contributed by atoms with Crippen LogP contribution in [0.15, 0.2) is 48.5 Å². The first-order valence-corrected chi connectivity index (χ1v) is 6.55. The number of phenolic OH excluding ortho intramolecular Hbond substituents is 1. The second-order valence-corrected chi connectivity index (χ2v) is 4.51. The van der Waals surface area contributed by atoms with Crippen molar-refractivity contribution in [1.82, 2.24) is 5.32 Å². The van der Waals surface area contributed by atoms with E-state index < -0.39 is 0 Å². The van der Waals surface area contributed by atoms with Gasteiger partial charge in [-0.1, -0.05) is 36.4 Å². The minimum Gasteiger partial charge on any atom is -0.504 e. The van der Waals surface area contributed by atoms with Gasteiger partial charge in [-0.2, -0.15) is 0 Å². The number of hydrogen-bond acceptors (Lipinski definition) is 4. The van der Waals surface area contributed by atoms with E-state index in [-0.39, 0.29) is 30.6 Å². The number of hydrogen-bond donors (Lipinski definition) is 3. The van der Waals surface area contributed by atoms with Gasteiger partial charge in [-0.15, -0.1) is 0 Å². The van der Waals surface area contributed by atoms with E-state index in [1.807, 2.05) is 12.1 Å². The minimum absolute atomic E-state index is 0.00104. The lowest BCUT2D eigenvalue weighted by atomic mass is 10.1. The zero-order valence-electron chi connectivity index (χ0n) is 11.5. The van der Waals surface area contributed by atoms with Gasteiger partial charge in [0.2, 0.25) is 0 Å². The first kappa shape index (κ1) is 14.9. The predicted molar refractivity (Wildman–Crippen MR) is 77.8 cm³/mol. The highest BCUT2D eigenvalue weighted by atomic mass is 16.5. The van der Waals surface area contributed by atoms with Gasteiger partial charge in [-0.3, -0.25) is 4.79 Å². The summed E-state index contributed by atoms with van der Waals surface area (Å²) in [5, 5.41) is 21.2. The maximum atomic E-state index is 11.7. The zero-order valence-corrected chi connectivity index (χ0v) is 11.5. The van der Waals surface area contributed by atoms with Crippen molar-refractivity contribution in [2.45, 2.75) is 13.2 Å². The van der Waals surface area contributed by atoms with Crippen molar-refractivity contribution >= 4 is 5.91 Å². The van der Waals surface area contributed by atoms with E-state index in [9.17, 15) is 9.90 Å². The quantitative estimate of drug-likeness (QED) is 0.753. The number of nitrogens with one attached hydrogen (secondary N) is 1. The summed E-state index contributed by atoms with van der Waals surface area (Å²) in [5.41, 5.74) is 1.76. The first-order chi connectivity index (χ1) is 10.2. The van der Waals surface area contributed by atoms with Crippen molar-refractivity contribution in [3.05, 3.63) is 59.7 Å². The molecule has 2 aromatic rings. The SMILES string of the molecule is O=C(COc1ccccc1O)NCc1ccc(CO)cc1. The summed E-state index contributed by atoms with van der Waals surface area (Å²) in [6, 6.07) is 13.8. The van der Waals surface area contributed by atoms with E-state index in [1.165, 1.54) is 6.07 Å². The van der Waals surface area contributed by atoms with Gasteiger partial charge < -0.3 is 20.3 Å². The Morgan fingerprint density at radius 3 is 2.38 bits per heavy atom. The van der Waals surface area contributed by atoms with Crippen LogP contribution >= 0.6 is 0 Å². The van der Waals surface area contributed by atoms with Crippen molar-refractivity contribution in [3.8, 4) is 11.5 Å². The molecular formula is C16H17NO4. The number of aromatic hydroxyl groups is 1. The molecular weight excluding hydrogens is 270 g/mol. The van der Waals surface area contributed by atoms with E-state index in [0.717, 1.165) is 11.1 Å². The van der Waals surface area contributed by atoms with Crippen molar-refractivity contribution in [3.63, 3.8) is 0 Å². The molecule has 0 saturated heterocycles. The summed E-state index contributed by atoms with van der Waals surface area (Å²) in [7, 11) is 0. The van der Waals surface area contributed by atoms with Gasteiger partial charge in [0.15, 0.2) is 18.1 Å². The normalized spacial score (nSPS) is 10.1. The fourth-order valence-electron chi connectivity index (χ4n) is 1.74. The Hall–Kier alpha value is -2.53. The number of amides is 1. The van der Waals surface area contributed by atoms with Crippen LogP contribution in [-0.2, 0) is 17.9 Å². The molecule has 0 unspecified atom stereocenters. The fourth-order valence-corrected chi connectivity index (χ4v) is 1.74. The van der Waals surface area contributed by atoms with Crippen LogP contribution in [-0.4, -0.2) is 22.7 Å². The van der Waals surface area contributed by atoms with Gasteiger partial charge >= 0.3 is 0 Å². The Morgan fingerprint density at radius 1 is 1.05 bits per heavy atom. The third-order valence-corrected chi connectivity index (χ3v) is 2.92. The predicted octanol–water partition coefficient (Wildman–Crippen LogP) is 1.58. The van der Waals surface area contributed by atoms with E-state index >= 15 is 0 Å². The molecule has 0 bridgehead atoms. The maximum Gasteiger partial charge on any atom is 0.258 e. The summed E-state index contributed by atoms with van der Waals surface area (Å²) < 4.78 is 5.23. The molecule has 3 N–H and O–H groups in total. The van der Waals surface area contributed by atoms with Crippen LogP contribution in [0.2, 0.25) is 0 Å². The van der Waals surface area contributed by atoms with E-state index in [4.69, 9.17) is 9.84 Å². The molecule has 0 atom stereocenters. The molecule has 0 saturated carbocycles. The molecule has 0 aliphatic carbocycles. The lowest BCUT2D eigenvalue weighted by Gasteiger charge is -2.09. The van der Waals surface area contributed by atoms with Crippen LogP contribution in [0.4, 0.5) is 0 Å². The number of phenols is 1.